The second kappa shape index (κ2) is 10.1. The summed E-state index contributed by atoms with van der Waals surface area (Å²) in [6.07, 6.45) is 7.89. The number of nitrogens with zero attached hydrogens (tertiary/aromatic N) is 3. The Morgan fingerprint density at radius 1 is 1.00 bits per heavy atom. The number of aromatic nitrogens is 2. The van der Waals surface area contributed by atoms with Gasteiger partial charge in [0.1, 0.15) is 0 Å². The summed E-state index contributed by atoms with van der Waals surface area (Å²) in [5.41, 5.74) is 3.15. The van der Waals surface area contributed by atoms with Gasteiger partial charge in [-0.05, 0) is 43.5 Å². The minimum atomic E-state index is -0.275. The molecule has 30 heavy (non-hydrogen) atoms. The molecule has 1 aliphatic rings. The van der Waals surface area contributed by atoms with E-state index < -0.39 is 0 Å². The van der Waals surface area contributed by atoms with Gasteiger partial charge in [-0.15, -0.1) is 0 Å². The van der Waals surface area contributed by atoms with Crippen LogP contribution in [0.1, 0.15) is 35.7 Å². The molecule has 1 N–H and O–H groups in total. The summed E-state index contributed by atoms with van der Waals surface area (Å²) in [6, 6.07) is 20.3. The van der Waals surface area contributed by atoms with E-state index in [0.717, 1.165) is 50.2 Å². The quantitative estimate of drug-likeness (QED) is 0.658. The van der Waals surface area contributed by atoms with Crippen LogP contribution in [0, 0.1) is 5.92 Å². The van der Waals surface area contributed by atoms with Gasteiger partial charge in [-0.25, -0.2) is 0 Å². The average molecular weight is 401 g/mol. The number of amides is 1. The van der Waals surface area contributed by atoms with Crippen molar-refractivity contribution in [3.63, 3.8) is 0 Å². The number of piperidine rings is 1. The summed E-state index contributed by atoms with van der Waals surface area (Å²) in [5, 5.41) is 3.23. The van der Waals surface area contributed by atoms with Gasteiger partial charge in [0.25, 0.3) is 0 Å². The maximum atomic E-state index is 13.1. The third-order valence-corrected chi connectivity index (χ3v) is 5.82. The predicted molar refractivity (Wildman–Crippen MR) is 118 cm³/mol. The molecule has 2 heterocycles. The zero-order valence-corrected chi connectivity index (χ0v) is 17.2. The van der Waals surface area contributed by atoms with Crippen LogP contribution in [-0.2, 0) is 11.2 Å². The Morgan fingerprint density at radius 3 is 2.37 bits per heavy atom. The highest BCUT2D eigenvalue weighted by molar-refractivity contribution is 5.79. The average Bonchev–Trinajstić information content (AvgIpc) is 2.83. The van der Waals surface area contributed by atoms with E-state index in [4.69, 9.17) is 0 Å². The van der Waals surface area contributed by atoms with Crippen molar-refractivity contribution in [3.05, 3.63) is 96.1 Å². The predicted octanol–water partition coefficient (Wildman–Crippen LogP) is 3.64. The van der Waals surface area contributed by atoms with Crippen LogP contribution in [0.5, 0.6) is 0 Å². The van der Waals surface area contributed by atoms with E-state index in [1.54, 1.807) is 18.6 Å². The highest BCUT2D eigenvalue weighted by atomic mass is 16.2. The lowest BCUT2D eigenvalue weighted by atomic mass is 9.94. The molecule has 3 aromatic rings. The summed E-state index contributed by atoms with van der Waals surface area (Å²) >= 11 is 0. The number of carbonyl (C=O) groups excluding carboxylic acids is 1. The number of rotatable bonds is 7. The molecule has 0 aliphatic carbocycles. The Kier molecular flexibility index (Phi) is 6.83. The van der Waals surface area contributed by atoms with Crippen LogP contribution in [0.25, 0.3) is 0 Å². The monoisotopic (exact) mass is 400 g/mol. The van der Waals surface area contributed by atoms with Crippen molar-refractivity contribution in [3.8, 4) is 0 Å². The van der Waals surface area contributed by atoms with Crippen molar-refractivity contribution in [2.45, 2.75) is 25.3 Å². The Bertz CT molecular complexity index is 870. The van der Waals surface area contributed by atoms with Gasteiger partial charge >= 0.3 is 0 Å². The molecule has 154 valence electrons. The first-order valence-corrected chi connectivity index (χ1v) is 10.7. The molecule has 1 atom stereocenters. The molecule has 5 nitrogen and oxygen atoms in total. The van der Waals surface area contributed by atoms with Crippen LogP contribution >= 0.6 is 0 Å². The third kappa shape index (κ3) is 5.30. The third-order valence-electron chi connectivity index (χ3n) is 5.82. The van der Waals surface area contributed by atoms with E-state index >= 15 is 0 Å². The molecule has 1 amide bonds. The number of likely N-dealkylation sites (tertiary alicyclic amines) is 1. The number of hydrogen-bond acceptors (Lipinski definition) is 4. The summed E-state index contributed by atoms with van der Waals surface area (Å²) in [6.45, 7) is 2.97. The molecule has 0 bridgehead atoms. The number of benzene rings is 2. The molecule has 0 saturated carbocycles. The zero-order valence-electron chi connectivity index (χ0n) is 17.2. The molecule has 1 aromatic heterocycles. The van der Waals surface area contributed by atoms with Crippen molar-refractivity contribution >= 4 is 5.91 Å². The second-order valence-corrected chi connectivity index (χ2v) is 7.83. The van der Waals surface area contributed by atoms with Gasteiger partial charge in [-0.2, -0.15) is 0 Å². The highest BCUT2D eigenvalue weighted by Crippen LogP contribution is 2.23. The van der Waals surface area contributed by atoms with Crippen molar-refractivity contribution < 1.29 is 4.79 Å². The molecule has 1 aliphatic heterocycles. The van der Waals surface area contributed by atoms with Crippen LogP contribution in [-0.4, -0.2) is 40.4 Å². The Labute approximate surface area is 178 Å². The standard InChI is InChI=1S/C25H28N4O/c30-25(22-12-17-29(18-13-22)16-11-20-7-3-1-4-8-20)28-24(21-9-5-2-6-10-21)23-19-26-14-15-27-23/h1-10,14-15,19,22,24H,11-13,16-18H2,(H,28,30). The lowest BCUT2D eigenvalue weighted by Crippen LogP contribution is -2.42. The maximum Gasteiger partial charge on any atom is 0.224 e. The van der Waals surface area contributed by atoms with Gasteiger partial charge in [0.05, 0.1) is 17.9 Å². The Morgan fingerprint density at radius 2 is 1.70 bits per heavy atom. The fourth-order valence-corrected chi connectivity index (χ4v) is 4.04. The number of nitrogens with one attached hydrogen (secondary N) is 1. The van der Waals surface area contributed by atoms with Gasteiger partial charge in [-0.3, -0.25) is 14.8 Å². The molecule has 4 rings (SSSR count). The normalized spacial score (nSPS) is 16.1. The Hall–Kier alpha value is -3.05. The minimum absolute atomic E-state index is 0.0425. The summed E-state index contributed by atoms with van der Waals surface area (Å²) in [4.78, 5) is 24.1. The molecule has 1 unspecified atom stereocenters. The summed E-state index contributed by atoms with van der Waals surface area (Å²) in [5.74, 6) is 0.151. The molecular formula is C25H28N4O. The van der Waals surface area contributed by atoms with E-state index in [1.807, 2.05) is 30.3 Å². The number of hydrogen-bond donors (Lipinski definition) is 1. The molecular weight excluding hydrogens is 372 g/mol. The van der Waals surface area contributed by atoms with Crippen molar-refractivity contribution in [2.24, 2.45) is 5.92 Å². The van der Waals surface area contributed by atoms with Crippen LogP contribution in [0.3, 0.4) is 0 Å². The second-order valence-electron chi connectivity index (χ2n) is 7.83. The van der Waals surface area contributed by atoms with E-state index in [2.05, 4.69) is 50.5 Å². The van der Waals surface area contributed by atoms with Crippen molar-refractivity contribution in [1.82, 2.24) is 20.2 Å². The first-order chi connectivity index (χ1) is 14.8. The van der Waals surface area contributed by atoms with Crippen molar-refractivity contribution in [2.75, 3.05) is 19.6 Å². The van der Waals surface area contributed by atoms with Crippen LogP contribution < -0.4 is 5.32 Å². The fraction of sp³-hybridized carbons (Fsp3) is 0.320. The van der Waals surface area contributed by atoms with Gasteiger partial charge in [-0.1, -0.05) is 60.7 Å². The smallest absolute Gasteiger partial charge is 0.224 e. The first-order valence-electron chi connectivity index (χ1n) is 10.7. The zero-order chi connectivity index (χ0) is 20.6. The largest absolute Gasteiger partial charge is 0.343 e. The van der Waals surface area contributed by atoms with E-state index in [0.29, 0.717) is 0 Å². The molecule has 5 heteroatoms. The number of carbonyl (C=O) groups is 1. The van der Waals surface area contributed by atoms with E-state index in [1.165, 1.54) is 5.56 Å². The van der Waals surface area contributed by atoms with Crippen LogP contribution in [0.15, 0.2) is 79.3 Å². The van der Waals surface area contributed by atoms with Crippen LogP contribution in [0.2, 0.25) is 0 Å². The SMILES string of the molecule is O=C(NC(c1ccccc1)c1cnccn1)C1CCN(CCc2ccccc2)CC1. The lowest BCUT2D eigenvalue weighted by molar-refractivity contribution is -0.127. The molecule has 0 spiro atoms. The fourth-order valence-electron chi connectivity index (χ4n) is 4.04. The van der Waals surface area contributed by atoms with Gasteiger partial charge in [0.15, 0.2) is 0 Å². The molecule has 1 fully saturated rings. The van der Waals surface area contributed by atoms with Crippen LogP contribution in [0.4, 0.5) is 0 Å². The Balaban J connectivity index is 1.34. The first kappa shape index (κ1) is 20.2. The molecule has 1 saturated heterocycles. The topological polar surface area (TPSA) is 58.1 Å². The highest BCUT2D eigenvalue weighted by Gasteiger charge is 2.27. The molecule has 2 aromatic carbocycles. The van der Waals surface area contributed by atoms with E-state index in [9.17, 15) is 4.79 Å². The van der Waals surface area contributed by atoms with Gasteiger partial charge < -0.3 is 10.2 Å². The summed E-state index contributed by atoms with van der Waals surface area (Å²) in [7, 11) is 0. The van der Waals surface area contributed by atoms with E-state index in [-0.39, 0.29) is 17.9 Å². The van der Waals surface area contributed by atoms with Crippen molar-refractivity contribution in [1.29, 1.82) is 0 Å². The molecule has 0 radical (unpaired) electrons. The summed E-state index contributed by atoms with van der Waals surface area (Å²) < 4.78 is 0. The van der Waals surface area contributed by atoms with Gasteiger partial charge in [0, 0.05) is 24.9 Å². The van der Waals surface area contributed by atoms with Gasteiger partial charge in [0.2, 0.25) is 5.91 Å². The lowest BCUT2D eigenvalue weighted by Gasteiger charge is -2.32. The minimum Gasteiger partial charge on any atom is -0.343 e. The maximum absolute atomic E-state index is 13.1.